The normalized spacial score (nSPS) is 25.4. The van der Waals surface area contributed by atoms with E-state index in [9.17, 15) is 9.59 Å². The molecule has 9 nitrogen and oxygen atoms in total. The Kier molecular flexibility index (Phi) is 6.01. The lowest BCUT2D eigenvalue weighted by molar-refractivity contribution is -0.135. The first-order valence-corrected chi connectivity index (χ1v) is 10.1. The maximum atomic E-state index is 12.7. The predicted octanol–water partition coefficient (Wildman–Crippen LogP) is -0.790. The molecule has 1 saturated carbocycles. The summed E-state index contributed by atoms with van der Waals surface area (Å²) in [5, 5.41) is 2.99. The molecule has 1 aromatic heterocycles. The van der Waals surface area contributed by atoms with Gasteiger partial charge in [-0.25, -0.2) is 9.97 Å². The van der Waals surface area contributed by atoms with E-state index in [-0.39, 0.29) is 23.7 Å². The number of nitrogens with one attached hydrogen (secondary N) is 1. The van der Waals surface area contributed by atoms with Gasteiger partial charge in [0.05, 0.1) is 25.0 Å². The van der Waals surface area contributed by atoms with Gasteiger partial charge in [-0.05, 0) is 12.5 Å². The van der Waals surface area contributed by atoms with Crippen molar-refractivity contribution in [2.24, 2.45) is 11.8 Å². The Balaban J connectivity index is 1.17. The summed E-state index contributed by atoms with van der Waals surface area (Å²) < 4.78 is 5.32. The van der Waals surface area contributed by atoms with Crippen molar-refractivity contribution in [1.82, 2.24) is 25.1 Å². The van der Waals surface area contributed by atoms with Gasteiger partial charge >= 0.3 is 0 Å². The molecule has 1 aromatic rings. The largest absolute Gasteiger partial charge is 0.379 e. The number of anilines is 1. The number of carbonyl (C=O) groups excluding carboxylic acids is 2. The number of hydrogen-bond acceptors (Lipinski definition) is 7. The molecule has 2 unspecified atom stereocenters. The lowest BCUT2D eigenvalue weighted by atomic mass is 10.2. The Bertz CT molecular complexity index is 674. The molecule has 1 N–H and O–H groups in total. The lowest BCUT2D eigenvalue weighted by Gasteiger charge is -2.34. The average Bonchev–Trinajstić information content (AvgIpc) is 3.56. The number of carbonyl (C=O) groups is 2. The smallest absolute Gasteiger partial charge is 0.226 e. The maximum Gasteiger partial charge on any atom is 0.226 e. The van der Waals surface area contributed by atoms with Crippen molar-refractivity contribution in [2.45, 2.75) is 6.42 Å². The number of hydrogen-bond donors (Lipinski definition) is 1. The van der Waals surface area contributed by atoms with Crippen molar-refractivity contribution in [2.75, 3.05) is 70.5 Å². The number of rotatable bonds is 6. The molecule has 2 atom stereocenters. The Labute approximate surface area is 165 Å². The highest BCUT2D eigenvalue weighted by atomic mass is 16.5. The lowest BCUT2D eigenvalue weighted by Crippen LogP contribution is -2.50. The van der Waals surface area contributed by atoms with Crippen LogP contribution in [0.2, 0.25) is 0 Å². The molecule has 0 aromatic carbocycles. The molecule has 0 spiro atoms. The van der Waals surface area contributed by atoms with Crippen LogP contribution in [0.15, 0.2) is 18.5 Å². The van der Waals surface area contributed by atoms with Crippen molar-refractivity contribution >= 4 is 17.8 Å². The van der Waals surface area contributed by atoms with E-state index < -0.39 is 0 Å². The summed E-state index contributed by atoms with van der Waals surface area (Å²) in [7, 11) is 0. The second kappa shape index (κ2) is 8.83. The van der Waals surface area contributed by atoms with E-state index in [1.807, 2.05) is 4.90 Å². The van der Waals surface area contributed by atoms with Gasteiger partial charge in [-0.2, -0.15) is 0 Å². The summed E-state index contributed by atoms with van der Waals surface area (Å²) in [6.07, 6.45) is 4.13. The van der Waals surface area contributed by atoms with E-state index in [0.29, 0.717) is 32.0 Å². The summed E-state index contributed by atoms with van der Waals surface area (Å²) in [6.45, 7) is 7.57. The van der Waals surface area contributed by atoms with Crippen LogP contribution in [0, 0.1) is 11.8 Å². The molecular weight excluding hydrogens is 360 g/mol. The van der Waals surface area contributed by atoms with Crippen molar-refractivity contribution in [3.63, 3.8) is 0 Å². The zero-order valence-electron chi connectivity index (χ0n) is 16.1. The predicted molar refractivity (Wildman–Crippen MR) is 103 cm³/mol. The van der Waals surface area contributed by atoms with Crippen LogP contribution >= 0.6 is 0 Å². The quantitative estimate of drug-likeness (QED) is 0.683. The molecule has 2 saturated heterocycles. The second-order valence-electron chi connectivity index (χ2n) is 7.55. The first-order valence-electron chi connectivity index (χ1n) is 10.1. The molecule has 4 rings (SSSR count). The van der Waals surface area contributed by atoms with Gasteiger partial charge in [0.25, 0.3) is 0 Å². The average molecular weight is 388 g/mol. The van der Waals surface area contributed by atoms with E-state index in [1.165, 1.54) is 0 Å². The van der Waals surface area contributed by atoms with Crippen molar-refractivity contribution in [3.8, 4) is 0 Å². The van der Waals surface area contributed by atoms with E-state index in [0.717, 1.165) is 45.9 Å². The summed E-state index contributed by atoms with van der Waals surface area (Å²) in [5.74, 6) is 0.527. The molecule has 9 heteroatoms. The third-order valence-electron chi connectivity index (χ3n) is 5.70. The van der Waals surface area contributed by atoms with Crippen molar-refractivity contribution in [1.29, 1.82) is 0 Å². The zero-order chi connectivity index (χ0) is 19.3. The fourth-order valence-corrected chi connectivity index (χ4v) is 3.87. The summed E-state index contributed by atoms with van der Waals surface area (Å²) in [4.78, 5) is 39.8. The van der Waals surface area contributed by atoms with Gasteiger partial charge in [0.2, 0.25) is 17.8 Å². The van der Waals surface area contributed by atoms with Gasteiger partial charge in [0, 0.05) is 64.8 Å². The van der Waals surface area contributed by atoms with E-state index in [4.69, 9.17) is 4.74 Å². The topological polar surface area (TPSA) is 90.9 Å². The Morgan fingerprint density at radius 2 is 1.75 bits per heavy atom. The number of amides is 2. The molecule has 28 heavy (non-hydrogen) atoms. The van der Waals surface area contributed by atoms with Crippen LogP contribution in [0.4, 0.5) is 5.95 Å². The fourth-order valence-electron chi connectivity index (χ4n) is 3.87. The van der Waals surface area contributed by atoms with Crippen LogP contribution in [-0.2, 0) is 14.3 Å². The third-order valence-corrected chi connectivity index (χ3v) is 5.70. The van der Waals surface area contributed by atoms with Crippen LogP contribution in [0.5, 0.6) is 0 Å². The molecule has 3 aliphatic rings. The first-order chi connectivity index (χ1) is 13.7. The molecule has 2 amide bonds. The Morgan fingerprint density at radius 1 is 1.04 bits per heavy atom. The monoisotopic (exact) mass is 388 g/mol. The number of ether oxygens (including phenoxy) is 1. The molecule has 0 radical (unpaired) electrons. The Morgan fingerprint density at radius 3 is 2.46 bits per heavy atom. The van der Waals surface area contributed by atoms with E-state index in [1.54, 1.807) is 18.5 Å². The number of morpholine rings is 1. The van der Waals surface area contributed by atoms with Crippen molar-refractivity contribution in [3.05, 3.63) is 18.5 Å². The molecule has 2 aliphatic heterocycles. The SMILES string of the molecule is O=C(NCCN1CCOCC1)C1CC1C(=O)N1CCN(c2ncccn2)CC1. The van der Waals surface area contributed by atoms with Crippen LogP contribution in [0.1, 0.15) is 6.42 Å². The van der Waals surface area contributed by atoms with Gasteiger partial charge in [-0.1, -0.05) is 0 Å². The van der Waals surface area contributed by atoms with Gasteiger partial charge in [-0.3, -0.25) is 14.5 Å². The molecule has 3 fully saturated rings. The summed E-state index contributed by atoms with van der Waals surface area (Å²) in [5.41, 5.74) is 0. The van der Waals surface area contributed by atoms with Crippen LogP contribution in [-0.4, -0.2) is 97.2 Å². The molecular formula is C19H28N6O3. The minimum atomic E-state index is -0.160. The van der Waals surface area contributed by atoms with E-state index in [2.05, 4.69) is 25.1 Å². The van der Waals surface area contributed by atoms with Gasteiger partial charge in [0.1, 0.15) is 0 Å². The van der Waals surface area contributed by atoms with Gasteiger partial charge < -0.3 is 19.9 Å². The summed E-state index contributed by atoms with van der Waals surface area (Å²) >= 11 is 0. The van der Waals surface area contributed by atoms with Gasteiger partial charge in [-0.15, -0.1) is 0 Å². The fraction of sp³-hybridized carbons (Fsp3) is 0.684. The van der Waals surface area contributed by atoms with Crippen LogP contribution in [0.3, 0.4) is 0 Å². The number of aromatic nitrogens is 2. The minimum Gasteiger partial charge on any atom is -0.379 e. The minimum absolute atomic E-state index is 0.0166. The second-order valence-corrected chi connectivity index (χ2v) is 7.55. The highest BCUT2D eigenvalue weighted by Crippen LogP contribution is 2.40. The van der Waals surface area contributed by atoms with Crippen LogP contribution in [0.25, 0.3) is 0 Å². The zero-order valence-corrected chi connectivity index (χ0v) is 16.1. The molecule has 0 bridgehead atoms. The number of nitrogens with zero attached hydrogens (tertiary/aromatic N) is 5. The highest BCUT2D eigenvalue weighted by Gasteiger charge is 2.49. The Hall–Kier alpha value is -2.26. The summed E-state index contributed by atoms with van der Waals surface area (Å²) in [6, 6.07) is 1.79. The first kappa shape index (κ1) is 19.1. The number of piperazine rings is 1. The van der Waals surface area contributed by atoms with Crippen LogP contribution < -0.4 is 10.2 Å². The third kappa shape index (κ3) is 4.59. The van der Waals surface area contributed by atoms with E-state index >= 15 is 0 Å². The highest BCUT2D eigenvalue weighted by molar-refractivity contribution is 5.92. The maximum absolute atomic E-state index is 12.7. The van der Waals surface area contributed by atoms with Crippen molar-refractivity contribution < 1.29 is 14.3 Å². The molecule has 1 aliphatic carbocycles. The standard InChI is InChI=1S/C19H28N6O3/c26-17(20-4-5-23-10-12-28-13-11-23)15-14-16(15)18(27)24-6-8-25(9-7-24)19-21-2-1-3-22-19/h1-3,15-16H,4-14H2,(H,20,26). The molecule has 152 valence electrons. The van der Waals surface area contributed by atoms with Gasteiger partial charge in [0.15, 0.2) is 0 Å². The molecule has 3 heterocycles.